The largest absolute Gasteiger partial charge is 0.508 e. The summed E-state index contributed by atoms with van der Waals surface area (Å²) in [7, 11) is 5.66. The third-order valence-corrected chi connectivity index (χ3v) is 24.3. The number of phenolic OH excluding ortho intramolecular Hbond substituents is 2. The van der Waals surface area contributed by atoms with Gasteiger partial charge in [-0.1, -0.05) is 96.0 Å². The standard InChI is InChI=1S/C64H86N10O19S6/c1-32(19-35-6-10-40(76)11-7-35)20-52(81)45-29-97-99-30-46-62(91)72-47-31-98-96-28-42(65)51(80)24-39(59(88)69-43(14-17-56(85)86)53(82)22-37(58(87)71-46)21-36-8-12-41(77)13-9-36)27-95-94-26-38(60(89)73-57(34(3)75)49(78)15-16-55(84)68-45)23-50(79)33(2)67-63(92)48-5-4-18-74(48)64(93)44(25-54(66)83)70-61(47)90/h6-13,32-34,37-39,42-48,57,75-77H,4-5,14-31,65H2,1-3H3,(H2,66,83)(H,67,92)(H,68,84)(H,69,88)(H,70,90)(H,71,87)(H,72,91)(H,73,89)(H,85,86)/t32-,33+,34+,37-,38+,39+,42+,43+,44+,45+,46+,47+,48+,57+/m1/s1. The van der Waals surface area contributed by atoms with E-state index < -0.39 is 223 Å². The van der Waals surface area contributed by atoms with Crippen LogP contribution in [0.2, 0.25) is 0 Å². The van der Waals surface area contributed by atoms with Crippen molar-refractivity contribution in [2.45, 2.75) is 165 Å². The molecule has 4 aliphatic heterocycles. The number of ketones is 5. The molecule has 0 unspecified atom stereocenters. The number of carboxylic acid groups (broad SMARTS) is 1. The molecule has 14 atom stereocenters. The average molecular weight is 1490 g/mol. The number of amides is 9. The predicted molar refractivity (Wildman–Crippen MR) is 375 cm³/mol. The zero-order valence-corrected chi connectivity index (χ0v) is 59.7. The van der Waals surface area contributed by atoms with E-state index in [4.69, 9.17) is 11.5 Å². The van der Waals surface area contributed by atoms with E-state index in [2.05, 4.69) is 37.2 Å². The minimum atomic E-state index is -1.78. The smallest absolute Gasteiger partial charge is 0.303 e. The number of aliphatic hydroxyl groups excluding tert-OH is 1. The molecule has 2 aromatic rings. The van der Waals surface area contributed by atoms with Gasteiger partial charge < -0.3 is 74.0 Å². The first-order valence-electron chi connectivity index (χ1n) is 32.2. The van der Waals surface area contributed by atoms with Gasteiger partial charge in [0.05, 0.1) is 48.5 Å². The number of aromatic hydroxyl groups is 2. The first kappa shape index (κ1) is 81.1. The highest BCUT2D eigenvalue weighted by molar-refractivity contribution is 8.77. The molecule has 2 aromatic carbocycles. The topological polar surface area (TPSA) is 476 Å². The molecule has 4 fully saturated rings. The van der Waals surface area contributed by atoms with Crippen molar-refractivity contribution >= 4 is 153 Å². The zero-order chi connectivity index (χ0) is 72.6. The van der Waals surface area contributed by atoms with E-state index in [9.17, 15) is 82.8 Å². The third-order valence-electron chi connectivity index (χ3n) is 16.9. The number of benzene rings is 2. The first-order valence-corrected chi connectivity index (χ1v) is 39.7. The van der Waals surface area contributed by atoms with Crippen LogP contribution in [0.5, 0.6) is 11.5 Å². The van der Waals surface area contributed by atoms with Crippen LogP contribution in [0.4, 0.5) is 0 Å². The van der Waals surface area contributed by atoms with Gasteiger partial charge in [0, 0.05) is 91.9 Å². The van der Waals surface area contributed by atoms with Gasteiger partial charge in [0.1, 0.15) is 41.7 Å². The number of carbonyl (C=O) groups excluding carboxylic acids is 14. The number of nitrogens with two attached hydrogens (primary N) is 2. The van der Waals surface area contributed by atoms with Crippen LogP contribution in [-0.4, -0.2) is 215 Å². The number of phenols is 2. The van der Waals surface area contributed by atoms with Crippen LogP contribution in [0.25, 0.3) is 0 Å². The Labute approximate surface area is 595 Å². The molecule has 15 N–H and O–H groups in total. The monoisotopic (exact) mass is 1490 g/mol. The number of rotatable bonds is 13. The highest BCUT2D eigenvalue weighted by atomic mass is 33.1. The molecular weight excluding hydrogens is 1410 g/mol. The normalized spacial score (nSPS) is 28.1. The van der Waals surface area contributed by atoms with Crippen molar-refractivity contribution < 1.29 is 92.3 Å². The van der Waals surface area contributed by atoms with Crippen LogP contribution in [0, 0.1) is 23.7 Å². The van der Waals surface area contributed by atoms with Crippen LogP contribution in [0.3, 0.4) is 0 Å². The van der Waals surface area contributed by atoms with E-state index in [0.29, 0.717) is 12.0 Å². The third kappa shape index (κ3) is 26.2. The minimum Gasteiger partial charge on any atom is -0.508 e. The van der Waals surface area contributed by atoms with Gasteiger partial charge in [-0.3, -0.25) is 71.9 Å². The highest BCUT2D eigenvalue weighted by Gasteiger charge is 2.42. The number of hydrogen-bond donors (Lipinski definition) is 13. The molecule has 4 aliphatic rings. The molecule has 29 nitrogen and oxygen atoms in total. The van der Waals surface area contributed by atoms with Crippen LogP contribution in [0.15, 0.2) is 48.5 Å². The Hall–Kier alpha value is -6.89. The van der Waals surface area contributed by atoms with Crippen molar-refractivity contribution in [3.63, 3.8) is 0 Å². The molecule has 4 saturated heterocycles. The summed E-state index contributed by atoms with van der Waals surface area (Å²) in [4.78, 5) is 215. The minimum absolute atomic E-state index is 0.0263. The lowest BCUT2D eigenvalue weighted by Crippen LogP contribution is -2.60. The maximum atomic E-state index is 15.2. The molecule has 9 amide bonds. The number of hydrogen-bond acceptors (Lipinski definition) is 25. The lowest BCUT2D eigenvalue weighted by Gasteiger charge is -2.30. The fourth-order valence-corrected chi connectivity index (χ4v) is 18.5. The number of carboxylic acids is 1. The van der Waals surface area contributed by atoms with Crippen LogP contribution < -0.4 is 48.7 Å². The van der Waals surface area contributed by atoms with Crippen molar-refractivity contribution in [3.05, 3.63) is 59.7 Å². The Bertz CT molecular complexity index is 3280. The van der Waals surface area contributed by atoms with Gasteiger partial charge >= 0.3 is 5.97 Å². The molecule has 0 aliphatic carbocycles. The molecule has 0 spiro atoms. The maximum Gasteiger partial charge on any atom is 0.303 e. The van der Waals surface area contributed by atoms with Crippen LogP contribution >= 0.6 is 64.8 Å². The average Bonchev–Trinajstić information content (AvgIpc) is 1.75. The maximum absolute atomic E-state index is 15.2. The van der Waals surface area contributed by atoms with Crippen molar-refractivity contribution in [2.24, 2.45) is 35.1 Å². The van der Waals surface area contributed by atoms with E-state index in [1.54, 1.807) is 19.1 Å². The summed E-state index contributed by atoms with van der Waals surface area (Å²) in [5.41, 5.74) is 13.3. The summed E-state index contributed by atoms with van der Waals surface area (Å²) in [6.07, 6.45) is -6.42. The Kier molecular flexibility index (Phi) is 32.7. The van der Waals surface area contributed by atoms with E-state index in [1.807, 2.05) is 0 Å². The molecule has 6 rings (SSSR count). The summed E-state index contributed by atoms with van der Waals surface area (Å²) < 4.78 is 0. The van der Waals surface area contributed by atoms with E-state index >= 15 is 9.59 Å². The number of Topliss-reactive ketones (excluding diaryl/α,β-unsaturated/α-hetero) is 5. The number of carbonyl (C=O) groups is 15. The second-order valence-electron chi connectivity index (χ2n) is 25.0. The fraction of sp³-hybridized carbons (Fsp3) is 0.578. The molecule has 4 bridgehead atoms. The molecule has 99 heavy (non-hydrogen) atoms. The number of nitrogens with zero attached hydrogens (tertiary/aromatic N) is 1. The van der Waals surface area contributed by atoms with Crippen molar-refractivity contribution in [1.29, 1.82) is 0 Å². The lowest BCUT2D eigenvalue weighted by atomic mass is 9.89. The second kappa shape index (κ2) is 39.9. The fourth-order valence-electron chi connectivity index (χ4n) is 11.2. The Morgan fingerprint density at radius 1 is 0.596 bits per heavy atom. The number of aliphatic hydroxyl groups is 1. The zero-order valence-electron chi connectivity index (χ0n) is 54.8. The van der Waals surface area contributed by atoms with Crippen LogP contribution in [-0.2, 0) is 84.8 Å². The molecule has 0 aromatic heterocycles. The predicted octanol–water partition coefficient (Wildman–Crippen LogP) is 0.592. The molecular formula is C64H86N10O19S6. The summed E-state index contributed by atoms with van der Waals surface area (Å²) >= 11 is 0. The molecule has 0 radical (unpaired) electrons. The second-order valence-corrected chi connectivity index (χ2v) is 32.7. The number of primary amides is 1. The quantitative estimate of drug-likeness (QED) is 0.122. The summed E-state index contributed by atoms with van der Waals surface area (Å²) in [6.45, 7) is 4.25. The Morgan fingerprint density at radius 2 is 1.14 bits per heavy atom. The van der Waals surface area contributed by atoms with Crippen molar-refractivity contribution in [1.82, 2.24) is 42.1 Å². The van der Waals surface area contributed by atoms with E-state index in [0.717, 1.165) is 75.2 Å². The first-order chi connectivity index (χ1) is 47.0. The van der Waals surface area contributed by atoms with E-state index in [1.165, 1.54) is 50.2 Å². The van der Waals surface area contributed by atoms with Gasteiger partial charge in [-0.05, 0) is 87.3 Å². The SMILES string of the molecule is C[C@@H](CC(=O)[C@@H]1CSSC[C@@H]2NC(=O)[C@H](Cc3ccc(O)cc3)CC(=O)[C@H](CCC(=O)O)NC(=O)[C@@H]3CSSC[C@H](CC(=O)[C@H](C)NC(=O)[C@@H]4CCCN4C(=O)[C@H](CC(N)=O)NC(=O)[C@H](CSSC[C@H](N)C(=O)C3)NC2=O)C(=O)N[C@@H]([C@H](C)O)C(=O)CCC(=O)N1)Cc1ccc(O)cc1. The Morgan fingerprint density at radius 3 is 1.75 bits per heavy atom. The summed E-state index contributed by atoms with van der Waals surface area (Å²) in [6, 6.07) is -1.79. The van der Waals surface area contributed by atoms with Gasteiger partial charge in [-0.25, -0.2) is 0 Å². The summed E-state index contributed by atoms with van der Waals surface area (Å²) in [5, 5.41) is 59.4. The Balaban J connectivity index is 1.54. The van der Waals surface area contributed by atoms with Gasteiger partial charge in [-0.15, -0.1) is 0 Å². The van der Waals surface area contributed by atoms with Gasteiger partial charge in [0.15, 0.2) is 28.9 Å². The van der Waals surface area contributed by atoms with Gasteiger partial charge in [0.25, 0.3) is 0 Å². The molecule has 0 saturated carbocycles. The van der Waals surface area contributed by atoms with Crippen LogP contribution in [0.1, 0.15) is 103 Å². The van der Waals surface area contributed by atoms with Crippen molar-refractivity contribution in [3.8, 4) is 11.5 Å². The molecule has 4 heterocycles. The number of nitrogens with one attached hydrogen (secondary N) is 7. The number of aliphatic carboxylic acids is 1. The summed E-state index contributed by atoms with van der Waals surface area (Å²) in [5.74, 6) is -19.9. The van der Waals surface area contributed by atoms with Crippen molar-refractivity contribution in [2.75, 3.05) is 41.1 Å². The molecule has 542 valence electrons. The highest BCUT2D eigenvalue weighted by Crippen LogP contribution is 2.32. The van der Waals surface area contributed by atoms with Gasteiger partial charge in [-0.2, -0.15) is 0 Å². The number of fused-ring (bicyclic) bond motifs is 20. The van der Waals surface area contributed by atoms with E-state index in [-0.39, 0.29) is 78.4 Å². The van der Waals surface area contributed by atoms with Gasteiger partial charge in [0.2, 0.25) is 53.2 Å². The lowest BCUT2D eigenvalue weighted by molar-refractivity contribution is -0.143. The molecule has 35 heteroatoms.